The number of imidazole rings is 1. The smallest absolute Gasteiger partial charge is 0.302 e. The van der Waals surface area contributed by atoms with Gasteiger partial charge in [-0.2, -0.15) is 0 Å². The number of ether oxygens (including phenoxy) is 1. The average molecular weight is 541 g/mol. The Balaban J connectivity index is 0.00000342. The monoisotopic (exact) mass is 539 g/mol. The summed E-state index contributed by atoms with van der Waals surface area (Å²) >= 11 is 0. The zero-order valence-electron chi connectivity index (χ0n) is 20.4. The SMILES string of the molecule is CC(=O)OCCCn1c[n+](C2CCC(C(C(N)=O)(c3ccccc3)c3ccccc3)C2)cc1C.[Br-]. The molecule has 1 saturated carbocycles. The molecule has 1 fully saturated rings. The number of primary amides is 1. The number of hydrogen-bond donors (Lipinski definition) is 1. The second-order valence-corrected chi connectivity index (χ2v) is 9.29. The van der Waals surface area contributed by atoms with Crippen molar-refractivity contribution in [1.82, 2.24) is 4.57 Å². The van der Waals surface area contributed by atoms with E-state index in [0.717, 1.165) is 43.4 Å². The normalized spacial score (nSPS) is 17.5. The maximum atomic E-state index is 13.3. The second-order valence-electron chi connectivity index (χ2n) is 9.29. The van der Waals surface area contributed by atoms with Gasteiger partial charge in [0, 0.05) is 20.3 Å². The van der Waals surface area contributed by atoms with Gasteiger partial charge in [-0.05, 0) is 36.3 Å². The fourth-order valence-corrected chi connectivity index (χ4v) is 5.61. The minimum atomic E-state index is -0.862. The fourth-order valence-electron chi connectivity index (χ4n) is 5.61. The average Bonchev–Trinajstić information content (AvgIpc) is 3.46. The molecule has 2 aromatic carbocycles. The van der Waals surface area contributed by atoms with Gasteiger partial charge >= 0.3 is 5.97 Å². The van der Waals surface area contributed by atoms with Crippen molar-refractivity contribution in [2.75, 3.05) is 6.61 Å². The molecule has 3 aromatic rings. The Morgan fingerprint density at radius 3 is 2.20 bits per heavy atom. The molecule has 7 heteroatoms. The third-order valence-corrected chi connectivity index (χ3v) is 7.20. The van der Waals surface area contributed by atoms with Crippen molar-refractivity contribution in [2.45, 2.75) is 57.5 Å². The van der Waals surface area contributed by atoms with Crippen LogP contribution in [0, 0.1) is 12.8 Å². The van der Waals surface area contributed by atoms with Crippen molar-refractivity contribution in [3.05, 3.63) is 90.0 Å². The first kappa shape index (κ1) is 26.7. The van der Waals surface area contributed by atoms with Crippen molar-refractivity contribution in [3.8, 4) is 0 Å². The Bertz CT molecular complexity index is 1090. The van der Waals surface area contributed by atoms with Crippen LogP contribution in [0.25, 0.3) is 0 Å². The lowest BCUT2D eigenvalue weighted by Crippen LogP contribution is -3.00. The van der Waals surface area contributed by atoms with Crippen LogP contribution in [0.1, 0.15) is 55.5 Å². The van der Waals surface area contributed by atoms with E-state index in [-0.39, 0.29) is 34.8 Å². The minimum absolute atomic E-state index is 0. The van der Waals surface area contributed by atoms with Gasteiger partial charge in [0.05, 0.1) is 13.2 Å². The maximum absolute atomic E-state index is 13.3. The first-order valence-corrected chi connectivity index (χ1v) is 12.0. The molecule has 0 saturated heterocycles. The molecule has 4 rings (SSSR count). The molecular formula is C28H34BrN3O3. The van der Waals surface area contributed by atoms with E-state index < -0.39 is 5.41 Å². The second kappa shape index (κ2) is 11.7. The van der Waals surface area contributed by atoms with Crippen molar-refractivity contribution < 1.29 is 35.9 Å². The Morgan fingerprint density at radius 1 is 1.06 bits per heavy atom. The first-order valence-electron chi connectivity index (χ1n) is 12.0. The minimum Gasteiger partial charge on any atom is -1.00 e. The predicted molar refractivity (Wildman–Crippen MR) is 130 cm³/mol. The van der Waals surface area contributed by atoms with Gasteiger partial charge in [-0.25, -0.2) is 9.13 Å². The molecule has 1 aliphatic rings. The number of carbonyl (C=O) groups is 2. The number of esters is 1. The highest BCUT2D eigenvalue weighted by molar-refractivity contribution is 5.91. The highest BCUT2D eigenvalue weighted by Crippen LogP contribution is 2.48. The third kappa shape index (κ3) is 5.50. The molecule has 1 heterocycles. The Morgan fingerprint density at radius 2 is 1.66 bits per heavy atom. The van der Waals surface area contributed by atoms with Crippen molar-refractivity contribution >= 4 is 11.9 Å². The molecule has 6 nitrogen and oxygen atoms in total. The van der Waals surface area contributed by atoms with E-state index in [0.29, 0.717) is 12.6 Å². The highest BCUT2D eigenvalue weighted by Gasteiger charge is 2.50. The van der Waals surface area contributed by atoms with E-state index in [9.17, 15) is 9.59 Å². The number of carbonyl (C=O) groups excluding carboxylic acids is 2. The van der Waals surface area contributed by atoms with Crippen LogP contribution in [0.3, 0.4) is 0 Å². The Labute approximate surface area is 217 Å². The highest BCUT2D eigenvalue weighted by atomic mass is 79.9. The Kier molecular flexibility index (Phi) is 8.89. The first-order chi connectivity index (χ1) is 16.4. The van der Waals surface area contributed by atoms with Gasteiger partial charge in [0.2, 0.25) is 12.2 Å². The van der Waals surface area contributed by atoms with Crippen LogP contribution in [0.4, 0.5) is 0 Å². The molecule has 2 N–H and O–H groups in total. The summed E-state index contributed by atoms with van der Waals surface area (Å²) in [5.74, 6) is -0.439. The molecular weight excluding hydrogens is 506 g/mol. The number of halogens is 1. The molecule has 0 radical (unpaired) electrons. The largest absolute Gasteiger partial charge is 1.00 e. The summed E-state index contributed by atoms with van der Waals surface area (Å²) in [5, 5.41) is 0. The van der Waals surface area contributed by atoms with Gasteiger partial charge < -0.3 is 27.5 Å². The quantitative estimate of drug-likeness (QED) is 0.249. The van der Waals surface area contributed by atoms with Gasteiger partial charge in [0.15, 0.2) is 0 Å². The molecule has 2 atom stereocenters. The molecule has 0 bridgehead atoms. The van der Waals surface area contributed by atoms with Crippen LogP contribution in [0.5, 0.6) is 0 Å². The summed E-state index contributed by atoms with van der Waals surface area (Å²) in [6.45, 7) is 4.74. The van der Waals surface area contributed by atoms with Crippen LogP contribution in [0.15, 0.2) is 73.2 Å². The van der Waals surface area contributed by atoms with E-state index >= 15 is 0 Å². The number of nitrogens with two attached hydrogens (primary N) is 1. The number of benzene rings is 2. The van der Waals surface area contributed by atoms with E-state index in [2.05, 4.69) is 28.6 Å². The van der Waals surface area contributed by atoms with Crippen molar-refractivity contribution in [2.24, 2.45) is 11.7 Å². The van der Waals surface area contributed by atoms with E-state index in [1.165, 1.54) is 12.6 Å². The van der Waals surface area contributed by atoms with E-state index in [4.69, 9.17) is 10.5 Å². The summed E-state index contributed by atoms with van der Waals surface area (Å²) in [6, 6.07) is 20.3. The van der Waals surface area contributed by atoms with Crippen LogP contribution >= 0.6 is 0 Å². The van der Waals surface area contributed by atoms with Gasteiger partial charge in [-0.3, -0.25) is 9.59 Å². The number of rotatable bonds is 9. The van der Waals surface area contributed by atoms with E-state index in [1.807, 2.05) is 60.7 Å². The molecule has 1 aliphatic carbocycles. The summed E-state index contributed by atoms with van der Waals surface area (Å²) in [5.41, 5.74) is 8.46. The van der Waals surface area contributed by atoms with Crippen LogP contribution in [0.2, 0.25) is 0 Å². The third-order valence-electron chi connectivity index (χ3n) is 7.20. The molecule has 2 unspecified atom stereocenters. The van der Waals surface area contributed by atoms with Crippen LogP contribution < -0.4 is 27.3 Å². The summed E-state index contributed by atoms with van der Waals surface area (Å²) < 4.78 is 9.55. The fraction of sp³-hybridized carbons (Fsp3) is 0.393. The number of hydrogen-bond acceptors (Lipinski definition) is 3. The predicted octanol–water partition coefficient (Wildman–Crippen LogP) is 0.854. The molecule has 1 amide bonds. The van der Waals surface area contributed by atoms with Gasteiger partial charge in [-0.1, -0.05) is 60.7 Å². The number of aryl methyl sites for hydroxylation is 2. The maximum Gasteiger partial charge on any atom is 0.302 e. The lowest BCUT2D eigenvalue weighted by molar-refractivity contribution is -0.721. The van der Waals surface area contributed by atoms with Crippen LogP contribution in [-0.2, 0) is 26.3 Å². The zero-order chi connectivity index (χ0) is 24.1. The van der Waals surface area contributed by atoms with Crippen LogP contribution in [-0.4, -0.2) is 23.1 Å². The van der Waals surface area contributed by atoms with E-state index in [1.54, 1.807) is 0 Å². The van der Waals surface area contributed by atoms with Gasteiger partial charge in [-0.15, -0.1) is 0 Å². The molecule has 35 heavy (non-hydrogen) atoms. The molecule has 186 valence electrons. The standard InChI is InChI=1S/C28H33N3O3.BrH/c1-21-19-31(20-30(21)16-9-17-34-22(2)32)26-15-14-25(18-26)28(27(29)33,23-10-5-3-6-11-23)24-12-7-4-8-13-24;/h3-8,10-13,19-20,25-26H,9,14-18H2,1-2H3,(H-,29,33);1H. The van der Waals surface area contributed by atoms with Gasteiger partial charge in [0.25, 0.3) is 0 Å². The zero-order valence-corrected chi connectivity index (χ0v) is 22.0. The molecule has 1 aromatic heterocycles. The number of amides is 1. The lowest BCUT2D eigenvalue weighted by Gasteiger charge is -2.37. The number of nitrogens with zero attached hydrogens (tertiary/aromatic N) is 2. The summed E-state index contributed by atoms with van der Waals surface area (Å²) in [7, 11) is 0. The Hall–Kier alpha value is -2.93. The summed E-state index contributed by atoms with van der Waals surface area (Å²) in [4.78, 5) is 24.3. The number of aromatic nitrogens is 2. The van der Waals surface area contributed by atoms with Crippen molar-refractivity contribution in [1.29, 1.82) is 0 Å². The molecule has 0 aliphatic heterocycles. The summed E-state index contributed by atoms with van der Waals surface area (Å²) in [6.07, 6.45) is 7.87. The van der Waals surface area contributed by atoms with Gasteiger partial charge in [0.1, 0.15) is 23.3 Å². The lowest BCUT2D eigenvalue weighted by atomic mass is 9.64. The van der Waals surface area contributed by atoms with Crippen molar-refractivity contribution in [3.63, 3.8) is 0 Å². The topological polar surface area (TPSA) is 78.2 Å². The molecule has 0 spiro atoms.